The van der Waals surface area contributed by atoms with Gasteiger partial charge in [-0.3, -0.25) is 19.1 Å². The number of H-pyrrole nitrogens is 1. The van der Waals surface area contributed by atoms with Crippen LogP contribution in [0.3, 0.4) is 0 Å². The third kappa shape index (κ3) is 2.53. The normalized spacial score (nSPS) is 18.8. The highest BCUT2D eigenvalue weighted by atomic mass is 16.5. The second-order valence-electron chi connectivity index (χ2n) is 6.03. The molecule has 0 aliphatic carbocycles. The lowest BCUT2D eigenvalue weighted by molar-refractivity contribution is -0.133. The number of ether oxygens (including phenoxy) is 1. The van der Waals surface area contributed by atoms with Crippen molar-refractivity contribution >= 4 is 17.6 Å². The number of benzene rings is 1. The van der Waals surface area contributed by atoms with E-state index in [0.717, 1.165) is 10.8 Å². The number of rotatable bonds is 3. The second-order valence-corrected chi connectivity index (χ2v) is 6.03. The van der Waals surface area contributed by atoms with E-state index < -0.39 is 28.7 Å². The van der Waals surface area contributed by atoms with E-state index in [-0.39, 0.29) is 17.9 Å². The molecule has 9 nitrogen and oxygen atoms in total. The number of fused-ring (bicyclic) bond motifs is 1. The van der Waals surface area contributed by atoms with Crippen LogP contribution in [-0.2, 0) is 15.1 Å². The van der Waals surface area contributed by atoms with Gasteiger partial charge in [0.2, 0.25) is 0 Å². The van der Waals surface area contributed by atoms with Gasteiger partial charge in [-0.2, -0.15) is 0 Å². The zero-order valence-electron chi connectivity index (χ0n) is 14.4. The van der Waals surface area contributed by atoms with Crippen LogP contribution in [0.5, 0.6) is 0 Å². The van der Waals surface area contributed by atoms with E-state index in [1.54, 1.807) is 19.1 Å². The molecular formula is C17H17N3O6. The number of aromatic nitrogens is 2. The molecule has 0 spiro atoms. The second kappa shape index (κ2) is 5.95. The molecule has 3 rings (SSSR count). The average molecular weight is 359 g/mol. The lowest BCUT2D eigenvalue weighted by Crippen LogP contribution is -2.35. The Labute approximate surface area is 147 Å². The molecule has 1 aromatic carbocycles. The number of likely N-dealkylation sites (N-methyl/N-ethyl adjacent to an activating group) is 1. The van der Waals surface area contributed by atoms with Crippen LogP contribution < -0.4 is 16.1 Å². The van der Waals surface area contributed by atoms with E-state index in [9.17, 15) is 24.3 Å². The van der Waals surface area contributed by atoms with E-state index in [1.807, 2.05) is 0 Å². The quantitative estimate of drug-likeness (QED) is 0.737. The van der Waals surface area contributed by atoms with Crippen molar-refractivity contribution in [1.82, 2.24) is 9.55 Å². The van der Waals surface area contributed by atoms with Crippen LogP contribution in [-0.4, -0.2) is 40.2 Å². The van der Waals surface area contributed by atoms with Crippen LogP contribution >= 0.6 is 0 Å². The number of nitrogens with one attached hydrogen (secondary N) is 1. The minimum absolute atomic E-state index is 0.0769. The lowest BCUT2D eigenvalue weighted by Gasteiger charge is -2.15. The molecule has 9 heteroatoms. The van der Waals surface area contributed by atoms with Crippen molar-refractivity contribution < 1.29 is 19.4 Å². The maximum absolute atomic E-state index is 12.2. The number of carbonyl (C=O) groups is 2. The third-order valence-electron chi connectivity index (χ3n) is 4.30. The summed E-state index contributed by atoms with van der Waals surface area (Å²) in [7, 11) is 1.54. The molecule has 0 radical (unpaired) electrons. The maximum Gasteiger partial charge on any atom is 0.345 e. The smallest absolute Gasteiger partial charge is 0.345 e. The molecule has 0 fully saturated rings. The Bertz CT molecular complexity index is 1030. The summed E-state index contributed by atoms with van der Waals surface area (Å²) in [5, 5.41) is 10.5. The van der Waals surface area contributed by atoms with Gasteiger partial charge in [-0.15, -0.1) is 0 Å². The molecule has 1 aliphatic heterocycles. The van der Waals surface area contributed by atoms with Gasteiger partial charge in [0, 0.05) is 18.8 Å². The number of hydrogen-bond acceptors (Lipinski definition) is 6. The summed E-state index contributed by atoms with van der Waals surface area (Å²) in [6, 6.07) is 4.58. The van der Waals surface area contributed by atoms with Gasteiger partial charge in [0.05, 0.1) is 18.0 Å². The minimum atomic E-state index is -1.74. The van der Waals surface area contributed by atoms with Gasteiger partial charge in [-0.1, -0.05) is 0 Å². The number of hydrogen-bond donors (Lipinski definition) is 2. The van der Waals surface area contributed by atoms with Gasteiger partial charge < -0.3 is 14.7 Å². The zero-order chi connectivity index (χ0) is 19.2. The molecule has 1 atom stereocenters. The van der Waals surface area contributed by atoms with Crippen LogP contribution in [0.25, 0.3) is 5.69 Å². The number of carbonyl (C=O) groups excluding carboxylic acids is 2. The van der Waals surface area contributed by atoms with Crippen molar-refractivity contribution in [2.24, 2.45) is 0 Å². The van der Waals surface area contributed by atoms with Crippen LogP contribution in [0.4, 0.5) is 5.69 Å². The Kier molecular flexibility index (Phi) is 4.03. The van der Waals surface area contributed by atoms with Crippen molar-refractivity contribution in [3.8, 4) is 5.69 Å². The molecule has 2 heterocycles. The molecule has 0 saturated heterocycles. The average Bonchev–Trinajstić information content (AvgIpc) is 2.76. The first kappa shape index (κ1) is 17.6. The molecule has 136 valence electrons. The van der Waals surface area contributed by atoms with Crippen molar-refractivity contribution in [3.05, 3.63) is 56.4 Å². The highest BCUT2D eigenvalue weighted by Gasteiger charge is 2.44. The predicted octanol–water partition coefficient (Wildman–Crippen LogP) is -0.114. The Morgan fingerprint density at radius 3 is 2.65 bits per heavy atom. The van der Waals surface area contributed by atoms with Crippen molar-refractivity contribution in [2.75, 3.05) is 18.6 Å². The Morgan fingerprint density at radius 2 is 2.00 bits per heavy atom. The van der Waals surface area contributed by atoms with E-state index in [0.29, 0.717) is 11.3 Å². The Balaban J connectivity index is 2.18. The molecule has 1 aliphatic rings. The molecule has 26 heavy (non-hydrogen) atoms. The molecule has 0 saturated carbocycles. The SMILES string of the molecule is CCOC(=O)c1cn(-c2ccc3c(c2)C(C)(O)C(=O)N3C)c(=O)[nH]c1=O. The minimum Gasteiger partial charge on any atom is -0.462 e. The standard InChI is InChI=1S/C17H17N3O6/c1-4-26-14(22)10-8-20(16(24)18-13(10)21)9-5-6-12-11(7-9)17(2,25)15(23)19(12)3/h5-8,25H,4H2,1-3H3,(H,18,21,24). The third-order valence-corrected chi connectivity index (χ3v) is 4.30. The van der Waals surface area contributed by atoms with Crippen molar-refractivity contribution in [1.29, 1.82) is 0 Å². The number of nitrogens with zero attached hydrogens (tertiary/aromatic N) is 2. The first-order valence-electron chi connectivity index (χ1n) is 7.87. The number of esters is 1. The van der Waals surface area contributed by atoms with Gasteiger partial charge >= 0.3 is 11.7 Å². The number of aromatic amines is 1. The summed E-state index contributed by atoms with van der Waals surface area (Å²) < 4.78 is 5.86. The van der Waals surface area contributed by atoms with E-state index in [4.69, 9.17) is 4.74 Å². The fraction of sp³-hybridized carbons (Fsp3) is 0.294. The highest BCUT2D eigenvalue weighted by molar-refractivity contribution is 6.06. The molecular weight excluding hydrogens is 342 g/mol. The van der Waals surface area contributed by atoms with E-state index in [1.165, 1.54) is 24.9 Å². The molecule has 2 N–H and O–H groups in total. The summed E-state index contributed by atoms with van der Waals surface area (Å²) in [5.41, 5.74) is -2.58. The summed E-state index contributed by atoms with van der Waals surface area (Å²) in [4.78, 5) is 51.5. The number of amides is 1. The summed E-state index contributed by atoms with van der Waals surface area (Å²) in [6.07, 6.45) is 1.08. The van der Waals surface area contributed by atoms with Crippen LogP contribution in [0.2, 0.25) is 0 Å². The van der Waals surface area contributed by atoms with Gasteiger partial charge in [-0.25, -0.2) is 9.59 Å². The molecule has 1 unspecified atom stereocenters. The maximum atomic E-state index is 12.2. The summed E-state index contributed by atoms with van der Waals surface area (Å²) in [6.45, 7) is 3.03. The monoisotopic (exact) mass is 359 g/mol. The van der Waals surface area contributed by atoms with Crippen LogP contribution in [0.1, 0.15) is 29.8 Å². The molecule has 1 amide bonds. The molecule has 0 bridgehead atoms. The zero-order valence-corrected chi connectivity index (χ0v) is 14.4. The summed E-state index contributed by atoms with van der Waals surface area (Å²) in [5.74, 6) is -1.35. The van der Waals surface area contributed by atoms with Gasteiger partial charge in [0.25, 0.3) is 11.5 Å². The topological polar surface area (TPSA) is 122 Å². The first-order valence-corrected chi connectivity index (χ1v) is 7.87. The van der Waals surface area contributed by atoms with E-state index >= 15 is 0 Å². The molecule has 2 aromatic rings. The van der Waals surface area contributed by atoms with Gasteiger partial charge in [0.15, 0.2) is 5.60 Å². The fourth-order valence-electron chi connectivity index (χ4n) is 2.92. The number of anilines is 1. The first-order chi connectivity index (χ1) is 12.2. The van der Waals surface area contributed by atoms with Crippen LogP contribution in [0.15, 0.2) is 34.0 Å². The largest absolute Gasteiger partial charge is 0.462 e. The Hall–Kier alpha value is -3.20. The van der Waals surface area contributed by atoms with Crippen molar-refractivity contribution in [2.45, 2.75) is 19.4 Å². The number of aliphatic hydroxyl groups is 1. The Morgan fingerprint density at radius 1 is 1.31 bits per heavy atom. The van der Waals surface area contributed by atoms with Crippen molar-refractivity contribution in [3.63, 3.8) is 0 Å². The highest BCUT2D eigenvalue weighted by Crippen LogP contribution is 2.39. The predicted molar refractivity (Wildman–Crippen MR) is 91.6 cm³/mol. The molecule has 1 aromatic heterocycles. The lowest BCUT2D eigenvalue weighted by atomic mass is 9.97. The van der Waals surface area contributed by atoms with Crippen LogP contribution in [0, 0.1) is 0 Å². The fourth-order valence-corrected chi connectivity index (χ4v) is 2.92. The van der Waals surface area contributed by atoms with E-state index in [2.05, 4.69) is 4.98 Å². The van der Waals surface area contributed by atoms with Gasteiger partial charge in [0.1, 0.15) is 5.56 Å². The van der Waals surface area contributed by atoms with Gasteiger partial charge in [-0.05, 0) is 32.0 Å². The summed E-state index contributed by atoms with van der Waals surface area (Å²) >= 11 is 0.